The third kappa shape index (κ3) is 5.46. The van der Waals surface area contributed by atoms with Gasteiger partial charge in [0, 0.05) is 13.0 Å². The van der Waals surface area contributed by atoms with E-state index in [0.717, 1.165) is 36.3 Å². The molecule has 1 aromatic heterocycles. The Morgan fingerprint density at radius 3 is 2.86 bits per heavy atom. The van der Waals surface area contributed by atoms with Crippen LogP contribution in [0.25, 0.3) is 10.2 Å². The summed E-state index contributed by atoms with van der Waals surface area (Å²) in [4.78, 5) is 16.3. The molecule has 3 nitrogen and oxygen atoms in total. The van der Waals surface area contributed by atoms with E-state index in [-0.39, 0.29) is 5.91 Å². The van der Waals surface area contributed by atoms with Crippen molar-refractivity contribution in [1.82, 2.24) is 10.3 Å². The van der Waals surface area contributed by atoms with E-state index in [9.17, 15) is 4.79 Å². The number of fused-ring (bicyclic) bond motifs is 1. The first-order chi connectivity index (χ1) is 10.1. The van der Waals surface area contributed by atoms with Crippen molar-refractivity contribution in [3.05, 3.63) is 29.3 Å². The van der Waals surface area contributed by atoms with Gasteiger partial charge in [0.25, 0.3) is 0 Å². The molecule has 2 rings (SSSR count). The number of carbonyl (C=O) groups excluding carboxylic acids is 1. The number of hydrogen-bond acceptors (Lipinski definition) is 3. The number of aromatic nitrogens is 1. The van der Waals surface area contributed by atoms with Gasteiger partial charge in [0.05, 0.1) is 15.2 Å². The third-order valence-corrected chi connectivity index (χ3v) is 4.51. The minimum atomic E-state index is 0.167. The Morgan fingerprint density at radius 1 is 1.29 bits per heavy atom. The minimum absolute atomic E-state index is 0.167. The number of amides is 1. The quantitative estimate of drug-likeness (QED) is 0.744. The molecular formula is C17H24N2OS. The number of para-hydroxylation sites is 1. The summed E-state index contributed by atoms with van der Waals surface area (Å²) in [7, 11) is 0. The van der Waals surface area contributed by atoms with E-state index in [2.05, 4.69) is 30.2 Å². The topological polar surface area (TPSA) is 42.0 Å². The van der Waals surface area contributed by atoms with Gasteiger partial charge in [0.2, 0.25) is 5.91 Å². The fourth-order valence-electron chi connectivity index (χ4n) is 2.25. The van der Waals surface area contributed by atoms with Gasteiger partial charge in [-0.2, -0.15) is 0 Å². The number of benzene rings is 1. The van der Waals surface area contributed by atoms with Gasteiger partial charge in [-0.15, -0.1) is 11.3 Å². The van der Waals surface area contributed by atoms with Crippen LogP contribution in [0.1, 0.15) is 44.5 Å². The summed E-state index contributed by atoms with van der Waals surface area (Å²) in [6.45, 7) is 5.22. The lowest BCUT2D eigenvalue weighted by Gasteiger charge is -2.06. The molecule has 0 aliphatic heterocycles. The maximum Gasteiger partial charge on any atom is 0.220 e. The molecular weight excluding hydrogens is 280 g/mol. The zero-order valence-corrected chi connectivity index (χ0v) is 13.7. The maximum absolute atomic E-state index is 11.7. The van der Waals surface area contributed by atoms with Crippen molar-refractivity contribution in [3.8, 4) is 0 Å². The third-order valence-electron chi connectivity index (χ3n) is 3.41. The molecule has 1 heterocycles. The van der Waals surface area contributed by atoms with E-state index in [1.807, 2.05) is 18.2 Å². The van der Waals surface area contributed by atoms with Crippen molar-refractivity contribution >= 4 is 27.5 Å². The molecule has 0 radical (unpaired) electrons. The second kappa shape index (κ2) is 8.13. The van der Waals surface area contributed by atoms with Gasteiger partial charge in [0.1, 0.15) is 0 Å². The molecule has 2 aromatic rings. The fraction of sp³-hybridized carbons (Fsp3) is 0.529. The molecule has 0 unspecified atom stereocenters. The van der Waals surface area contributed by atoms with Crippen LogP contribution in [0.15, 0.2) is 24.3 Å². The van der Waals surface area contributed by atoms with Gasteiger partial charge in [-0.05, 0) is 43.7 Å². The van der Waals surface area contributed by atoms with Gasteiger partial charge in [-0.25, -0.2) is 4.98 Å². The van der Waals surface area contributed by atoms with Crippen LogP contribution in [0.3, 0.4) is 0 Å². The number of nitrogens with zero attached hydrogens (tertiary/aromatic N) is 1. The number of thiazole rings is 1. The summed E-state index contributed by atoms with van der Waals surface area (Å²) in [5.74, 6) is 0.876. The molecule has 0 spiro atoms. The van der Waals surface area contributed by atoms with Crippen LogP contribution in [0, 0.1) is 5.92 Å². The number of rotatable bonds is 8. The smallest absolute Gasteiger partial charge is 0.220 e. The average molecular weight is 304 g/mol. The normalized spacial score (nSPS) is 11.2. The van der Waals surface area contributed by atoms with E-state index in [1.54, 1.807) is 11.3 Å². The SMILES string of the molecule is CC(C)CCCNC(=O)CCCc1nc2ccccc2s1. The van der Waals surface area contributed by atoms with Crippen LogP contribution in [-0.2, 0) is 11.2 Å². The highest BCUT2D eigenvalue weighted by atomic mass is 32.1. The van der Waals surface area contributed by atoms with Gasteiger partial charge in [-0.1, -0.05) is 26.0 Å². The summed E-state index contributed by atoms with van der Waals surface area (Å²) in [5, 5.41) is 4.12. The molecule has 0 fully saturated rings. The summed E-state index contributed by atoms with van der Waals surface area (Å²) < 4.78 is 1.23. The van der Waals surface area contributed by atoms with Crippen molar-refractivity contribution in [2.45, 2.75) is 46.0 Å². The zero-order chi connectivity index (χ0) is 15.1. The van der Waals surface area contributed by atoms with Gasteiger partial charge in [-0.3, -0.25) is 4.79 Å². The first-order valence-corrected chi connectivity index (χ1v) is 8.58. The van der Waals surface area contributed by atoms with E-state index in [0.29, 0.717) is 12.3 Å². The second-order valence-corrected chi connectivity index (χ2v) is 6.93. The zero-order valence-electron chi connectivity index (χ0n) is 12.9. The molecule has 0 saturated heterocycles. The van der Waals surface area contributed by atoms with E-state index < -0.39 is 0 Å². The monoisotopic (exact) mass is 304 g/mol. The van der Waals surface area contributed by atoms with Gasteiger partial charge in [0.15, 0.2) is 0 Å². The maximum atomic E-state index is 11.7. The molecule has 0 aliphatic rings. The van der Waals surface area contributed by atoms with Crippen LogP contribution in [0.2, 0.25) is 0 Å². The highest BCUT2D eigenvalue weighted by molar-refractivity contribution is 7.18. The highest BCUT2D eigenvalue weighted by Crippen LogP contribution is 2.22. The summed E-state index contributed by atoms with van der Waals surface area (Å²) >= 11 is 1.73. The Bertz CT molecular complexity index is 544. The highest BCUT2D eigenvalue weighted by Gasteiger charge is 2.05. The predicted molar refractivity (Wildman–Crippen MR) is 89.6 cm³/mol. The lowest BCUT2D eigenvalue weighted by Crippen LogP contribution is -2.24. The van der Waals surface area contributed by atoms with Crippen molar-refractivity contribution in [1.29, 1.82) is 0 Å². The van der Waals surface area contributed by atoms with Crippen molar-refractivity contribution < 1.29 is 4.79 Å². The minimum Gasteiger partial charge on any atom is -0.356 e. The molecule has 0 atom stereocenters. The van der Waals surface area contributed by atoms with Crippen LogP contribution in [-0.4, -0.2) is 17.4 Å². The van der Waals surface area contributed by atoms with Crippen LogP contribution < -0.4 is 5.32 Å². The summed E-state index contributed by atoms with van der Waals surface area (Å²) in [6, 6.07) is 8.18. The van der Waals surface area contributed by atoms with Crippen LogP contribution >= 0.6 is 11.3 Å². The van der Waals surface area contributed by atoms with E-state index in [1.165, 1.54) is 11.1 Å². The Morgan fingerprint density at radius 2 is 2.10 bits per heavy atom. The number of hydrogen-bond donors (Lipinski definition) is 1. The molecule has 114 valence electrons. The molecule has 0 aliphatic carbocycles. The van der Waals surface area contributed by atoms with Crippen molar-refractivity contribution in [2.24, 2.45) is 5.92 Å². The predicted octanol–water partition coefficient (Wildman–Crippen LogP) is 4.17. The summed E-state index contributed by atoms with van der Waals surface area (Å²) in [6.07, 6.45) is 4.60. The van der Waals surface area contributed by atoms with E-state index in [4.69, 9.17) is 0 Å². The van der Waals surface area contributed by atoms with Crippen molar-refractivity contribution in [3.63, 3.8) is 0 Å². The second-order valence-electron chi connectivity index (χ2n) is 5.81. The first kappa shape index (κ1) is 16.0. The largest absolute Gasteiger partial charge is 0.356 e. The number of aryl methyl sites for hydroxylation is 1. The summed E-state index contributed by atoms with van der Waals surface area (Å²) in [5.41, 5.74) is 1.07. The fourth-order valence-corrected chi connectivity index (χ4v) is 3.26. The molecule has 1 amide bonds. The number of carbonyl (C=O) groups is 1. The Hall–Kier alpha value is -1.42. The molecule has 1 N–H and O–H groups in total. The molecule has 0 bridgehead atoms. The lowest BCUT2D eigenvalue weighted by molar-refractivity contribution is -0.121. The molecule has 1 aromatic carbocycles. The Balaban J connectivity index is 1.65. The number of nitrogens with one attached hydrogen (secondary N) is 1. The Labute approximate surface area is 130 Å². The standard InChI is InChI=1S/C17H24N2OS/c1-13(2)7-6-12-18-16(20)10-5-11-17-19-14-8-3-4-9-15(14)21-17/h3-4,8-9,13H,5-7,10-12H2,1-2H3,(H,18,20). The van der Waals surface area contributed by atoms with E-state index >= 15 is 0 Å². The van der Waals surface area contributed by atoms with Crippen LogP contribution in [0.5, 0.6) is 0 Å². The lowest BCUT2D eigenvalue weighted by atomic mass is 10.1. The molecule has 4 heteroatoms. The van der Waals surface area contributed by atoms with Gasteiger partial charge >= 0.3 is 0 Å². The van der Waals surface area contributed by atoms with Crippen LogP contribution in [0.4, 0.5) is 0 Å². The van der Waals surface area contributed by atoms with Crippen molar-refractivity contribution in [2.75, 3.05) is 6.54 Å². The van der Waals surface area contributed by atoms with Gasteiger partial charge < -0.3 is 5.32 Å². The molecule has 21 heavy (non-hydrogen) atoms. The molecule has 0 saturated carbocycles. The first-order valence-electron chi connectivity index (χ1n) is 7.76. The average Bonchev–Trinajstić information content (AvgIpc) is 2.86. The Kier molecular flexibility index (Phi) is 6.18.